The third-order valence-electron chi connectivity index (χ3n) is 2.00. The van der Waals surface area contributed by atoms with Crippen LogP contribution in [-0.2, 0) is 0 Å². The molecule has 0 bridgehead atoms. The smallest absolute Gasteiger partial charge is 0.312 e. The van der Waals surface area contributed by atoms with Gasteiger partial charge in [0.1, 0.15) is 0 Å². The quantitative estimate of drug-likeness (QED) is 0.592. The Hall–Kier alpha value is -0.730. The van der Waals surface area contributed by atoms with Gasteiger partial charge in [-0.2, -0.15) is 0 Å². The Kier molecular flexibility index (Phi) is 6.53. The molecule has 0 saturated carbocycles. The molecule has 0 aromatic carbocycles. The van der Waals surface area contributed by atoms with Crippen LogP contribution in [0.3, 0.4) is 0 Å². The van der Waals surface area contributed by atoms with E-state index in [0.29, 0.717) is 0 Å². The molecule has 0 fully saturated rings. The molecular formula is C9H20N2O. The zero-order valence-electron chi connectivity index (χ0n) is 8.10. The van der Waals surface area contributed by atoms with Gasteiger partial charge in [-0.25, -0.2) is 4.79 Å². The minimum absolute atomic E-state index is 0.272. The van der Waals surface area contributed by atoms with E-state index in [0.717, 1.165) is 12.8 Å². The zero-order valence-corrected chi connectivity index (χ0v) is 8.10. The van der Waals surface area contributed by atoms with Gasteiger partial charge in [0.2, 0.25) is 0 Å². The average molecular weight is 172 g/mol. The van der Waals surface area contributed by atoms with Crippen molar-refractivity contribution in [3.8, 4) is 0 Å². The maximum absolute atomic E-state index is 10.5. The molecule has 3 heteroatoms. The van der Waals surface area contributed by atoms with Gasteiger partial charge in [-0.05, 0) is 12.8 Å². The first kappa shape index (κ1) is 11.3. The molecule has 3 N–H and O–H groups in total. The van der Waals surface area contributed by atoms with Crippen LogP contribution in [0.2, 0.25) is 0 Å². The topological polar surface area (TPSA) is 55.1 Å². The molecule has 1 unspecified atom stereocenters. The zero-order chi connectivity index (χ0) is 9.40. The second kappa shape index (κ2) is 6.95. The van der Waals surface area contributed by atoms with Crippen molar-refractivity contribution in [1.29, 1.82) is 0 Å². The highest BCUT2D eigenvalue weighted by Gasteiger charge is 2.06. The minimum atomic E-state index is -0.404. The summed E-state index contributed by atoms with van der Waals surface area (Å²) in [6.07, 6.45) is 5.64. The number of carbonyl (C=O) groups is 1. The molecule has 0 aliphatic rings. The number of rotatable bonds is 6. The van der Waals surface area contributed by atoms with Crippen molar-refractivity contribution >= 4 is 6.03 Å². The van der Waals surface area contributed by atoms with E-state index in [4.69, 9.17) is 5.73 Å². The van der Waals surface area contributed by atoms with Gasteiger partial charge in [0, 0.05) is 6.04 Å². The number of carbonyl (C=O) groups excluding carboxylic acids is 1. The normalized spacial score (nSPS) is 12.5. The second-order valence-electron chi connectivity index (χ2n) is 3.11. The number of nitrogens with one attached hydrogen (secondary N) is 1. The maximum atomic E-state index is 10.5. The van der Waals surface area contributed by atoms with Gasteiger partial charge in [0.15, 0.2) is 0 Å². The average Bonchev–Trinajstić information content (AvgIpc) is 2.02. The number of urea groups is 1. The minimum Gasteiger partial charge on any atom is -0.352 e. The first-order valence-corrected chi connectivity index (χ1v) is 4.76. The standard InChI is InChI=1S/C9H20N2O/c1-3-5-6-7-8(4-2)11-9(10)12/h8H,3-7H2,1-2H3,(H3,10,11,12). The fraction of sp³-hybridized carbons (Fsp3) is 0.889. The molecule has 1 atom stereocenters. The van der Waals surface area contributed by atoms with E-state index in [9.17, 15) is 4.79 Å². The van der Waals surface area contributed by atoms with Crippen molar-refractivity contribution in [3.63, 3.8) is 0 Å². The summed E-state index contributed by atoms with van der Waals surface area (Å²) in [5, 5.41) is 2.73. The lowest BCUT2D eigenvalue weighted by Gasteiger charge is -2.14. The number of unbranched alkanes of at least 4 members (excludes halogenated alkanes) is 2. The maximum Gasteiger partial charge on any atom is 0.312 e. The van der Waals surface area contributed by atoms with Crippen LogP contribution in [0.15, 0.2) is 0 Å². The highest BCUT2D eigenvalue weighted by atomic mass is 16.2. The molecule has 12 heavy (non-hydrogen) atoms. The first-order chi connectivity index (χ1) is 5.70. The van der Waals surface area contributed by atoms with Crippen LogP contribution in [0, 0.1) is 0 Å². The van der Waals surface area contributed by atoms with E-state index >= 15 is 0 Å². The summed E-state index contributed by atoms with van der Waals surface area (Å²) in [6.45, 7) is 4.23. The van der Waals surface area contributed by atoms with Gasteiger partial charge in [-0.3, -0.25) is 0 Å². The summed E-state index contributed by atoms with van der Waals surface area (Å²) >= 11 is 0. The molecule has 0 aliphatic carbocycles. The Morgan fingerprint density at radius 3 is 2.50 bits per heavy atom. The van der Waals surface area contributed by atoms with Crippen molar-refractivity contribution in [2.45, 2.75) is 52.0 Å². The van der Waals surface area contributed by atoms with E-state index in [1.165, 1.54) is 19.3 Å². The van der Waals surface area contributed by atoms with Crippen LogP contribution < -0.4 is 11.1 Å². The molecule has 0 aromatic heterocycles. The van der Waals surface area contributed by atoms with E-state index < -0.39 is 6.03 Å². The van der Waals surface area contributed by atoms with Crippen LogP contribution in [0.4, 0.5) is 4.79 Å². The molecule has 0 radical (unpaired) electrons. The lowest BCUT2D eigenvalue weighted by Crippen LogP contribution is -2.38. The van der Waals surface area contributed by atoms with Gasteiger partial charge < -0.3 is 11.1 Å². The monoisotopic (exact) mass is 172 g/mol. The molecule has 0 heterocycles. The predicted octanol–water partition coefficient (Wildman–Crippen LogP) is 2.01. The highest BCUT2D eigenvalue weighted by molar-refractivity contribution is 5.71. The van der Waals surface area contributed by atoms with Crippen molar-refractivity contribution < 1.29 is 4.79 Å². The van der Waals surface area contributed by atoms with Crippen LogP contribution in [0.25, 0.3) is 0 Å². The fourth-order valence-electron chi connectivity index (χ4n) is 1.22. The largest absolute Gasteiger partial charge is 0.352 e. The lowest BCUT2D eigenvalue weighted by atomic mass is 10.1. The summed E-state index contributed by atoms with van der Waals surface area (Å²) in [6, 6.07) is -0.132. The van der Waals surface area contributed by atoms with Crippen LogP contribution >= 0.6 is 0 Å². The second-order valence-corrected chi connectivity index (χ2v) is 3.11. The van der Waals surface area contributed by atoms with E-state index in [2.05, 4.69) is 19.2 Å². The summed E-state index contributed by atoms with van der Waals surface area (Å²) in [7, 11) is 0. The number of primary amides is 1. The predicted molar refractivity (Wildman–Crippen MR) is 50.9 cm³/mol. The van der Waals surface area contributed by atoms with Crippen LogP contribution in [0.5, 0.6) is 0 Å². The summed E-state index contributed by atoms with van der Waals surface area (Å²) < 4.78 is 0. The van der Waals surface area contributed by atoms with Crippen molar-refractivity contribution in [1.82, 2.24) is 5.32 Å². The van der Waals surface area contributed by atoms with Gasteiger partial charge in [0.25, 0.3) is 0 Å². The van der Waals surface area contributed by atoms with Crippen molar-refractivity contribution in [3.05, 3.63) is 0 Å². The Labute approximate surface area is 74.7 Å². The van der Waals surface area contributed by atoms with E-state index in [-0.39, 0.29) is 6.04 Å². The third kappa shape index (κ3) is 6.01. The van der Waals surface area contributed by atoms with Crippen molar-refractivity contribution in [2.75, 3.05) is 0 Å². The number of hydrogen-bond donors (Lipinski definition) is 2. The molecule has 0 spiro atoms. The molecule has 0 saturated heterocycles. The van der Waals surface area contributed by atoms with Crippen molar-refractivity contribution in [2.24, 2.45) is 5.73 Å². The molecule has 72 valence electrons. The van der Waals surface area contributed by atoms with Gasteiger partial charge in [0.05, 0.1) is 0 Å². The first-order valence-electron chi connectivity index (χ1n) is 4.76. The summed E-state index contributed by atoms with van der Waals surface area (Å²) in [4.78, 5) is 10.5. The Morgan fingerprint density at radius 1 is 1.42 bits per heavy atom. The molecule has 2 amide bonds. The van der Waals surface area contributed by atoms with E-state index in [1.807, 2.05) is 0 Å². The Bertz CT molecular complexity index is 126. The molecule has 0 aromatic rings. The van der Waals surface area contributed by atoms with E-state index in [1.54, 1.807) is 0 Å². The highest BCUT2D eigenvalue weighted by Crippen LogP contribution is 2.05. The molecule has 3 nitrogen and oxygen atoms in total. The third-order valence-corrected chi connectivity index (χ3v) is 2.00. The summed E-state index contributed by atoms with van der Waals surface area (Å²) in [5.74, 6) is 0. The van der Waals surface area contributed by atoms with Gasteiger partial charge in [-0.15, -0.1) is 0 Å². The molecular weight excluding hydrogens is 152 g/mol. The Morgan fingerprint density at radius 2 is 2.08 bits per heavy atom. The van der Waals surface area contributed by atoms with Crippen LogP contribution in [-0.4, -0.2) is 12.1 Å². The fourth-order valence-corrected chi connectivity index (χ4v) is 1.22. The van der Waals surface area contributed by atoms with Gasteiger partial charge in [-0.1, -0.05) is 33.1 Å². The van der Waals surface area contributed by atoms with Gasteiger partial charge >= 0.3 is 6.03 Å². The Balaban J connectivity index is 3.46. The molecule has 0 rings (SSSR count). The SMILES string of the molecule is CCCCCC(CC)NC(N)=O. The summed E-state index contributed by atoms with van der Waals surface area (Å²) in [5.41, 5.74) is 5.02. The number of nitrogens with two attached hydrogens (primary N) is 1. The number of amides is 2. The van der Waals surface area contributed by atoms with Crippen LogP contribution in [0.1, 0.15) is 46.0 Å². The lowest BCUT2D eigenvalue weighted by molar-refractivity contribution is 0.243. The number of hydrogen-bond acceptors (Lipinski definition) is 1. The molecule has 0 aliphatic heterocycles.